The van der Waals surface area contributed by atoms with Gasteiger partial charge in [-0.05, 0) is 43.0 Å². The van der Waals surface area contributed by atoms with Gasteiger partial charge >= 0.3 is 0 Å². The van der Waals surface area contributed by atoms with E-state index in [1.807, 2.05) is 24.3 Å². The molecule has 4 rings (SSSR count). The fourth-order valence-electron chi connectivity index (χ4n) is 2.88. The van der Waals surface area contributed by atoms with Crippen LogP contribution in [0, 0.1) is 5.92 Å². The van der Waals surface area contributed by atoms with Crippen molar-refractivity contribution in [2.24, 2.45) is 5.92 Å². The summed E-state index contributed by atoms with van der Waals surface area (Å²) in [5.74, 6) is 2.02. The number of fused-ring (bicyclic) bond motifs is 1. The van der Waals surface area contributed by atoms with Crippen molar-refractivity contribution in [1.29, 1.82) is 0 Å². The summed E-state index contributed by atoms with van der Waals surface area (Å²) in [7, 11) is 1.64. The minimum Gasteiger partial charge on any atom is -0.497 e. The Morgan fingerprint density at radius 2 is 2.04 bits per heavy atom. The second-order valence-corrected chi connectivity index (χ2v) is 5.89. The van der Waals surface area contributed by atoms with Crippen LogP contribution in [0.3, 0.4) is 0 Å². The molecule has 1 N–H and O–H groups in total. The Balaban J connectivity index is 1.66. The van der Waals surface area contributed by atoms with Crippen molar-refractivity contribution in [3.05, 3.63) is 36.3 Å². The highest BCUT2D eigenvalue weighted by atomic mass is 16.5. The molecule has 0 atom stereocenters. The summed E-state index contributed by atoms with van der Waals surface area (Å²) in [6, 6.07) is 7.58. The van der Waals surface area contributed by atoms with Crippen LogP contribution >= 0.6 is 0 Å². The molecule has 1 saturated carbocycles. The van der Waals surface area contributed by atoms with E-state index < -0.39 is 0 Å². The molecule has 23 heavy (non-hydrogen) atoms. The average molecular weight is 311 g/mol. The molecule has 1 fully saturated rings. The maximum Gasteiger partial charge on any atom is 0.187 e. The van der Waals surface area contributed by atoms with Gasteiger partial charge in [-0.2, -0.15) is 4.68 Å². The zero-order valence-electron chi connectivity index (χ0n) is 12.8. The summed E-state index contributed by atoms with van der Waals surface area (Å²) in [6.45, 7) is 0. The third-order valence-electron chi connectivity index (χ3n) is 4.24. The molecule has 2 heterocycles. The molecule has 0 aliphatic heterocycles. The Hall–Kier alpha value is -2.54. The van der Waals surface area contributed by atoms with Gasteiger partial charge in [-0.1, -0.05) is 5.21 Å². The molecule has 0 saturated heterocycles. The Labute approximate surface area is 132 Å². The molecule has 0 spiro atoms. The molecule has 0 unspecified atom stereocenters. The highest BCUT2D eigenvalue weighted by molar-refractivity contribution is 5.70. The number of hydrogen-bond acceptors (Lipinski definition) is 6. The number of hydrogen-bond donors (Lipinski definition) is 1. The third kappa shape index (κ3) is 2.63. The van der Waals surface area contributed by atoms with E-state index in [2.05, 4.69) is 20.3 Å². The van der Waals surface area contributed by atoms with E-state index in [1.165, 1.54) is 0 Å². The second kappa shape index (κ2) is 5.58. The van der Waals surface area contributed by atoms with E-state index in [9.17, 15) is 5.11 Å². The summed E-state index contributed by atoms with van der Waals surface area (Å²) in [4.78, 5) is 8.97. The SMILES string of the molecule is COc1ccc(-n2nnc3cnc(CC4CC(O)C4)nc32)cc1. The Kier molecular flexibility index (Phi) is 3.42. The Morgan fingerprint density at radius 1 is 1.26 bits per heavy atom. The van der Waals surface area contributed by atoms with Crippen LogP contribution in [0.2, 0.25) is 0 Å². The van der Waals surface area contributed by atoms with Crippen molar-refractivity contribution < 1.29 is 9.84 Å². The first-order chi connectivity index (χ1) is 11.2. The first kappa shape index (κ1) is 14.1. The predicted molar refractivity (Wildman–Crippen MR) is 83.4 cm³/mol. The summed E-state index contributed by atoms with van der Waals surface area (Å²) < 4.78 is 6.88. The van der Waals surface area contributed by atoms with E-state index >= 15 is 0 Å². The number of rotatable bonds is 4. The number of methoxy groups -OCH3 is 1. The molecule has 3 aromatic rings. The molecule has 0 amide bonds. The molecule has 1 aliphatic carbocycles. The molecule has 7 nitrogen and oxygen atoms in total. The first-order valence-electron chi connectivity index (χ1n) is 7.63. The van der Waals surface area contributed by atoms with E-state index in [-0.39, 0.29) is 6.10 Å². The van der Waals surface area contributed by atoms with Crippen LogP contribution in [0.5, 0.6) is 5.75 Å². The lowest BCUT2D eigenvalue weighted by atomic mass is 9.80. The number of aliphatic hydroxyl groups excluding tert-OH is 1. The maximum atomic E-state index is 9.40. The number of aliphatic hydroxyl groups is 1. The van der Waals surface area contributed by atoms with E-state index in [0.29, 0.717) is 17.1 Å². The van der Waals surface area contributed by atoms with Crippen molar-refractivity contribution in [3.63, 3.8) is 0 Å². The first-order valence-corrected chi connectivity index (χ1v) is 7.63. The van der Waals surface area contributed by atoms with Gasteiger partial charge in [0.15, 0.2) is 11.2 Å². The van der Waals surface area contributed by atoms with Crippen LogP contribution in [0.25, 0.3) is 16.9 Å². The minimum absolute atomic E-state index is 0.157. The lowest BCUT2D eigenvalue weighted by Crippen LogP contribution is -2.30. The molecule has 0 bridgehead atoms. The van der Waals surface area contributed by atoms with Crippen molar-refractivity contribution in [2.45, 2.75) is 25.4 Å². The quantitative estimate of drug-likeness (QED) is 0.786. The minimum atomic E-state index is -0.157. The fraction of sp³-hybridized carbons (Fsp3) is 0.375. The highest BCUT2D eigenvalue weighted by Gasteiger charge is 2.28. The number of aromatic nitrogens is 5. The standard InChI is InChI=1S/C16H17N5O2/c1-23-13-4-2-11(3-5-13)21-16-14(19-20-21)9-17-15(18-16)8-10-6-12(22)7-10/h2-5,9-10,12,22H,6-8H2,1H3. The van der Waals surface area contributed by atoms with Gasteiger partial charge in [0.1, 0.15) is 11.6 Å². The van der Waals surface area contributed by atoms with Crippen molar-refractivity contribution in [1.82, 2.24) is 25.0 Å². The average Bonchev–Trinajstić information content (AvgIpc) is 2.97. The smallest absolute Gasteiger partial charge is 0.187 e. The largest absolute Gasteiger partial charge is 0.497 e. The topological polar surface area (TPSA) is 86.0 Å². The maximum absolute atomic E-state index is 9.40. The second-order valence-electron chi connectivity index (χ2n) is 5.89. The molecule has 2 aromatic heterocycles. The van der Waals surface area contributed by atoms with Crippen molar-refractivity contribution in [3.8, 4) is 11.4 Å². The van der Waals surface area contributed by atoms with E-state index in [0.717, 1.165) is 36.5 Å². The van der Waals surface area contributed by atoms with Crippen LogP contribution in [0.15, 0.2) is 30.5 Å². The van der Waals surface area contributed by atoms with Gasteiger partial charge < -0.3 is 9.84 Å². The Morgan fingerprint density at radius 3 is 2.74 bits per heavy atom. The summed E-state index contributed by atoms with van der Waals surface area (Å²) in [5, 5.41) is 17.7. The van der Waals surface area contributed by atoms with Crippen molar-refractivity contribution >= 4 is 11.2 Å². The monoisotopic (exact) mass is 311 g/mol. The van der Waals surface area contributed by atoms with Crippen LogP contribution in [0.1, 0.15) is 18.7 Å². The third-order valence-corrected chi connectivity index (χ3v) is 4.24. The van der Waals surface area contributed by atoms with Crippen LogP contribution in [-0.4, -0.2) is 43.3 Å². The van der Waals surface area contributed by atoms with Crippen molar-refractivity contribution in [2.75, 3.05) is 7.11 Å². The van der Waals surface area contributed by atoms with Gasteiger partial charge in [-0.15, -0.1) is 5.10 Å². The van der Waals surface area contributed by atoms with Crippen LogP contribution < -0.4 is 4.74 Å². The van der Waals surface area contributed by atoms with Crippen LogP contribution in [0.4, 0.5) is 0 Å². The van der Waals surface area contributed by atoms with Gasteiger partial charge in [-0.3, -0.25) is 0 Å². The molecule has 7 heteroatoms. The zero-order chi connectivity index (χ0) is 15.8. The molecule has 1 aliphatic rings. The van der Waals surface area contributed by atoms with Gasteiger partial charge in [0, 0.05) is 6.42 Å². The predicted octanol–water partition coefficient (Wildman–Crippen LogP) is 1.53. The lowest BCUT2D eigenvalue weighted by Gasteiger charge is -2.30. The van der Waals surface area contributed by atoms with Crippen LogP contribution in [-0.2, 0) is 6.42 Å². The number of ether oxygens (including phenoxy) is 1. The van der Waals surface area contributed by atoms with Gasteiger partial charge in [0.2, 0.25) is 0 Å². The Bertz CT molecular complexity index is 824. The molecular formula is C16H17N5O2. The fourth-order valence-corrected chi connectivity index (χ4v) is 2.88. The molecule has 0 radical (unpaired) electrons. The molecule has 118 valence electrons. The van der Waals surface area contributed by atoms with Gasteiger partial charge in [-0.25, -0.2) is 9.97 Å². The van der Waals surface area contributed by atoms with E-state index in [4.69, 9.17) is 4.74 Å². The summed E-state index contributed by atoms with van der Waals surface area (Å²) in [5.41, 5.74) is 2.23. The lowest BCUT2D eigenvalue weighted by molar-refractivity contribution is 0.0424. The van der Waals surface area contributed by atoms with Gasteiger partial charge in [0.05, 0.1) is 25.1 Å². The zero-order valence-corrected chi connectivity index (χ0v) is 12.8. The summed E-state index contributed by atoms with van der Waals surface area (Å²) >= 11 is 0. The highest BCUT2D eigenvalue weighted by Crippen LogP contribution is 2.29. The normalized spacial score (nSPS) is 20.4. The van der Waals surface area contributed by atoms with E-state index in [1.54, 1.807) is 18.0 Å². The molecule has 1 aromatic carbocycles. The number of nitrogens with zero attached hydrogens (tertiary/aromatic N) is 5. The number of benzene rings is 1. The molecular weight excluding hydrogens is 294 g/mol. The van der Waals surface area contributed by atoms with Gasteiger partial charge in [0.25, 0.3) is 0 Å². The summed E-state index contributed by atoms with van der Waals surface area (Å²) in [6.07, 6.45) is 3.99.